The standard InChI is InChI=1S/C41H27N3.C39H25N3.C35H23N3/c1-3-11-28(12-4-1)29-21-23-31(24-22-29)44-36-18-8-7-15-34(36)40-32(16-9-19-38(40)44)33-17-10-20-39-41(33)35-27-42-26-25-37(35)43(39)30-13-5-2-6-14-30;1-2-12-28(13-3-1)41-35-22-23-40-25-33(35)39-31(16-9-19-37(39)41)30-15-8-18-36-38(30)32-14-6-7-17-34(32)42(36)29-21-20-26-10-4-5-11-27(26)24-29;1-3-11-24(12-4-1)37-30-18-8-7-15-28(30)34-26(16-9-19-32(34)37)27-17-10-20-33-35(27)29-23-36-22-21-31(29)38(33)25-13-5-2-6-14-25/h1-27H;1-25H;1-23H. The smallest absolute Gasteiger partial charge is 0.0572 e. The summed E-state index contributed by atoms with van der Waals surface area (Å²) in [6, 6.07) is 150. The highest BCUT2D eigenvalue weighted by Crippen LogP contribution is 2.49. The molecule has 0 N–H and O–H groups in total. The summed E-state index contributed by atoms with van der Waals surface area (Å²) in [4.78, 5) is 13.7. The number of hydrogen-bond acceptors (Lipinski definition) is 3. The zero-order chi connectivity index (χ0) is 81.7. The highest BCUT2D eigenvalue weighted by atomic mass is 15.0. The second kappa shape index (κ2) is 29.6. The van der Waals surface area contributed by atoms with Gasteiger partial charge in [0.2, 0.25) is 0 Å². The minimum Gasteiger partial charge on any atom is -0.309 e. The summed E-state index contributed by atoms with van der Waals surface area (Å²) in [6.45, 7) is 0. The van der Waals surface area contributed by atoms with Gasteiger partial charge in [0.1, 0.15) is 0 Å². The Balaban J connectivity index is 0.000000105. The predicted octanol–water partition coefficient (Wildman–Crippen LogP) is 29.6. The van der Waals surface area contributed by atoms with Gasteiger partial charge in [-0.2, -0.15) is 0 Å². The Hall–Kier alpha value is -16.8. The average molecular weight is 1580 g/mol. The van der Waals surface area contributed by atoms with E-state index < -0.39 is 0 Å². The molecule has 124 heavy (non-hydrogen) atoms. The van der Waals surface area contributed by atoms with E-state index in [1.165, 1.54) is 165 Å². The first kappa shape index (κ1) is 71.4. The van der Waals surface area contributed by atoms with Crippen molar-refractivity contribution in [1.29, 1.82) is 0 Å². The first-order chi connectivity index (χ1) is 61.6. The van der Waals surface area contributed by atoms with Crippen LogP contribution in [0.5, 0.6) is 0 Å². The van der Waals surface area contributed by atoms with Crippen LogP contribution in [-0.2, 0) is 0 Å². The van der Waals surface area contributed by atoms with E-state index in [0.29, 0.717) is 0 Å². The van der Waals surface area contributed by atoms with Crippen molar-refractivity contribution >= 4 is 142 Å². The normalized spacial score (nSPS) is 11.7. The van der Waals surface area contributed by atoms with E-state index in [1.54, 1.807) is 0 Å². The molecule has 9 nitrogen and oxygen atoms in total. The topological polar surface area (TPSA) is 68.2 Å². The Labute approximate surface area is 713 Å². The summed E-state index contributed by atoms with van der Waals surface area (Å²) in [5.74, 6) is 0. The summed E-state index contributed by atoms with van der Waals surface area (Å²) < 4.78 is 14.3. The molecule has 0 fully saturated rings. The third-order valence-electron chi connectivity index (χ3n) is 25.0. The lowest BCUT2D eigenvalue weighted by atomic mass is 9.95. The van der Waals surface area contributed by atoms with Crippen LogP contribution in [0.3, 0.4) is 0 Å². The van der Waals surface area contributed by atoms with Crippen molar-refractivity contribution in [1.82, 2.24) is 42.4 Å². The fraction of sp³-hybridized carbons (Fsp3) is 0. The molecule has 26 rings (SSSR count). The van der Waals surface area contributed by atoms with Crippen LogP contribution in [0, 0.1) is 0 Å². The molecule has 0 aliphatic rings. The average Bonchev–Trinajstić information content (AvgIpc) is 1.57. The summed E-state index contributed by atoms with van der Waals surface area (Å²) >= 11 is 0. The zero-order valence-electron chi connectivity index (χ0n) is 67.3. The molecule has 17 aromatic carbocycles. The lowest BCUT2D eigenvalue weighted by Gasteiger charge is -2.11. The Morgan fingerprint density at radius 3 is 0.710 bits per heavy atom. The Bertz CT molecular complexity index is 8500. The number of para-hydroxylation sites is 7. The van der Waals surface area contributed by atoms with Crippen molar-refractivity contribution in [3.8, 4) is 78.6 Å². The molecular weight excluding hydrogens is 1510 g/mol. The summed E-state index contributed by atoms with van der Waals surface area (Å²) in [7, 11) is 0. The highest BCUT2D eigenvalue weighted by molar-refractivity contribution is 6.26. The van der Waals surface area contributed by atoms with Crippen molar-refractivity contribution in [2.24, 2.45) is 0 Å². The molecule has 0 aliphatic carbocycles. The van der Waals surface area contributed by atoms with Crippen LogP contribution >= 0.6 is 0 Å². The summed E-state index contributed by atoms with van der Waals surface area (Å²) in [5, 5.41) is 17.1. The molecule has 0 atom stereocenters. The number of rotatable bonds is 10. The zero-order valence-corrected chi connectivity index (χ0v) is 67.3. The first-order valence-corrected chi connectivity index (χ1v) is 42.2. The van der Waals surface area contributed by atoms with E-state index in [1.807, 2.05) is 37.2 Å². The molecule has 26 aromatic rings. The SMILES string of the molecule is c1ccc(-c2ccc(-n3c4ccccc4c4c(-c5cccc6c5c5cnccc5n6-c5ccccc5)cccc43)cc2)cc1.c1ccc(-n2c3ccccc3c3c(-c4cccc5c4c4cnccc4n5-c4ccccc4)cccc32)cc1.c1ccc(-n2c3ccncc3c3c(-c4cccc5c4c4ccccc4n5-c4ccc5ccccc5c4)cccc32)cc1. The van der Waals surface area contributed by atoms with Gasteiger partial charge in [-0.1, -0.05) is 273 Å². The Morgan fingerprint density at radius 1 is 0.145 bits per heavy atom. The second-order valence-corrected chi connectivity index (χ2v) is 31.7. The van der Waals surface area contributed by atoms with E-state index in [9.17, 15) is 0 Å². The molecule has 0 saturated heterocycles. The monoisotopic (exact) mass is 1580 g/mol. The van der Waals surface area contributed by atoms with Gasteiger partial charge in [0, 0.05) is 136 Å². The number of nitrogens with zero attached hydrogens (tertiary/aromatic N) is 9. The fourth-order valence-electron chi connectivity index (χ4n) is 19.9. The van der Waals surface area contributed by atoms with Crippen molar-refractivity contribution in [2.75, 3.05) is 0 Å². The van der Waals surface area contributed by atoms with Gasteiger partial charge < -0.3 is 27.4 Å². The number of hydrogen-bond donors (Lipinski definition) is 0. The van der Waals surface area contributed by atoms with Gasteiger partial charge in [-0.15, -0.1) is 0 Å². The van der Waals surface area contributed by atoms with E-state index in [2.05, 4.69) is 461 Å². The minimum atomic E-state index is 1.14. The highest BCUT2D eigenvalue weighted by Gasteiger charge is 2.26. The summed E-state index contributed by atoms with van der Waals surface area (Å²) in [5.41, 5.74) is 30.9. The molecule has 0 bridgehead atoms. The van der Waals surface area contributed by atoms with Crippen LogP contribution in [-0.4, -0.2) is 42.4 Å². The molecule has 0 amide bonds. The largest absolute Gasteiger partial charge is 0.309 e. The molecule has 0 unspecified atom stereocenters. The molecule has 0 radical (unpaired) electrons. The van der Waals surface area contributed by atoms with E-state index in [4.69, 9.17) is 0 Å². The molecule has 9 heteroatoms. The van der Waals surface area contributed by atoms with Gasteiger partial charge in [-0.3, -0.25) is 15.0 Å². The number of fused-ring (bicyclic) bond motifs is 19. The molecule has 0 spiro atoms. The number of aromatic nitrogens is 9. The van der Waals surface area contributed by atoms with Gasteiger partial charge in [0.25, 0.3) is 0 Å². The molecule has 0 aliphatic heterocycles. The van der Waals surface area contributed by atoms with Crippen LogP contribution in [0.15, 0.2) is 456 Å². The van der Waals surface area contributed by atoms with Gasteiger partial charge >= 0.3 is 0 Å². The number of pyridine rings is 3. The molecule has 9 aromatic heterocycles. The maximum Gasteiger partial charge on any atom is 0.0572 e. The van der Waals surface area contributed by atoms with Crippen molar-refractivity contribution < 1.29 is 0 Å². The Morgan fingerprint density at radius 2 is 0.379 bits per heavy atom. The lowest BCUT2D eigenvalue weighted by molar-refractivity contribution is 1.17. The van der Waals surface area contributed by atoms with Gasteiger partial charge in [-0.05, 0) is 201 Å². The first-order valence-electron chi connectivity index (χ1n) is 42.2. The molecule has 9 heterocycles. The Kier molecular flexibility index (Phi) is 17.1. The van der Waals surface area contributed by atoms with Crippen molar-refractivity contribution in [3.05, 3.63) is 456 Å². The van der Waals surface area contributed by atoms with Gasteiger partial charge in [-0.25, -0.2) is 0 Å². The molecular formula is C115H75N9. The van der Waals surface area contributed by atoms with E-state index in [-0.39, 0.29) is 0 Å². The molecule has 580 valence electrons. The van der Waals surface area contributed by atoms with E-state index >= 15 is 0 Å². The third-order valence-corrected chi connectivity index (χ3v) is 25.0. The summed E-state index contributed by atoms with van der Waals surface area (Å²) in [6.07, 6.45) is 11.7. The third kappa shape index (κ3) is 11.5. The van der Waals surface area contributed by atoms with Gasteiger partial charge in [0.05, 0.1) is 66.2 Å². The minimum absolute atomic E-state index is 1.14. The van der Waals surface area contributed by atoms with Crippen LogP contribution in [0.2, 0.25) is 0 Å². The van der Waals surface area contributed by atoms with Crippen molar-refractivity contribution in [2.45, 2.75) is 0 Å². The second-order valence-electron chi connectivity index (χ2n) is 31.7. The van der Waals surface area contributed by atoms with Crippen LogP contribution in [0.1, 0.15) is 0 Å². The quantitative estimate of drug-likeness (QED) is 0.137. The maximum absolute atomic E-state index is 4.57. The van der Waals surface area contributed by atoms with Crippen molar-refractivity contribution in [3.63, 3.8) is 0 Å². The lowest BCUT2D eigenvalue weighted by Crippen LogP contribution is -1.94. The number of benzene rings is 17. The van der Waals surface area contributed by atoms with Crippen LogP contribution in [0.25, 0.3) is 220 Å². The van der Waals surface area contributed by atoms with Crippen LogP contribution < -0.4 is 0 Å². The molecule has 0 saturated carbocycles. The maximum atomic E-state index is 4.57. The predicted molar refractivity (Wildman–Crippen MR) is 518 cm³/mol. The van der Waals surface area contributed by atoms with Gasteiger partial charge in [0.15, 0.2) is 0 Å². The van der Waals surface area contributed by atoms with Crippen LogP contribution in [0.4, 0.5) is 0 Å². The van der Waals surface area contributed by atoms with E-state index in [0.717, 1.165) is 55.5 Å². The fourth-order valence-corrected chi connectivity index (χ4v) is 19.9.